The Morgan fingerprint density at radius 1 is 0.829 bits per heavy atom. The Bertz CT molecular complexity index is 765. The highest BCUT2D eigenvalue weighted by Gasteiger charge is 2.30. The van der Waals surface area contributed by atoms with E-state index in [-0.39, 0.29) is 5.41 Å². The number of hydrogen-bond acceptors (Lipinski definition) is 3. The van der Waals surface area contributed by atoms with Crippen LogP contribution in [0, 0.1) is 0 Å². The molecule has 4 heteroatoms. The van der Waals surface area contributed by atoms with Crippen LogP contribution in [0.25, 0.3) is 0 Å². The van der Waals surface area contributed by atoms with E-state index in [1.807, 2.05) is 12.1 Å². The van der Waals surface area contributed by atoms with E-state index < -0.39 is 5.97 Å². The van der Waals surface area contributed by atoms with Crippen molar-refractivity contribution >= 4 is 5.97 Å². The van der Waals surface area contributed by atoms with Crippen molar-refractivity contribution in [1.29, 1.82) is 0 Å². The normalized spacial score (nSPS) is 17.4. The molecule has 0 radical (unpaired) electrons. The van der Waals surface area contributed by atoms with Crippen LogP contribution in [-0.2, 0) is 14.9 Å². The van der Waals surface area contributed by atoms with Crippen LogP contribution < -0.4 is 0 Å². The minimum absolute atomic E-state index is 0.144. The number of carbonyl (C=O) groups is 1. The van der Waals surface area contributed by atoms with Crippen LogP contribution in [0.2, 0.25) is 0 Å². The van der Waals surface area contributed by atoms with E-state index in [9.17, 15) is 9.90 Å². The summed E-state index contributed by atoms with van der Waals surface area (Å²) in [6, 6.07) is 7.37. The summed E-state index contributed by atoms with van der Waals surface area (Å²) < 4.78 is 12.0. The Hall–Kier alpha value is -2.07. The van der Waals surface area contributed by atoms with Gasteiger partial charge in [0.2, 0.25) is 0 Å². The van der Waals surface area contributed by atoms with Gasteiger partial charge in [0, 0.05) is 18.6 Å². The summed E-state index contributed by atoms with van der Waals surface area (Å²) in [4.78, 5) is 11.3. The van der Waals surface area contributed by atoms with E-state index in [0.717, 1.165) is 63.2 Å². The number of unbranched alkanes of at least 4 members (excludes halogenated alkanes) is 9. The predicted molar refractivity (Wildman–Crippen MR) is 145 cm³/mol. The molecule has 1 N–H and O–H groups in total. The maximum atomic E-state index is 11.3. The number of hydrogen-bond donors (Lipinski definition) is 1. The highest BCUT2D eigenvalue weighted by atomic mass is 16.5. The first-order valence-electron chi connectivity index (χ1n) is 14.0. The van der Waals surface area contributed by atoms with Gasteiger partial charge in [0.15, 0.2) is 0 Å². The van der Waals surface area contributed by atoms with Crippen LogP contribution in [0.1, 0.15) is 120 Å². The van der Waals surface area contributed by atoms with Gasteiger partial charge in [-0.05, 0) is 62.0 Å². The molecule has 0 saturated carbocycles. The molecule has 1 atom stereocenters. The average molecular weight is 485 g/mol. The van der Waals surface area contributed by atoms with Crippen molar-refractivity contribution in [3.05, 3.63) is 59.4 Å². The molecule has 0 aromatic heterocycles. The van der Waals surface area contributed by atoms with Crippen LogP contribution in [0.3, 0.4) is 0 Å². The number of allylic oxidation sites excluding steroid dienone is 3. The Balaban J connectivity index is 1.86. The molecule has 0 bridgehead atoms. The fourth-order valence-corrected chi connectivity index (χ4v) is 4.73. The van der Waals surface area contributed by atoms with Crippen molar-refractivity contribution in [2.24, 2.45) is 0 Å². The average Bonchev–Trinajstić information content (AvgIpc) is 2.88. The Kier molecular flexibility index (Phi) is 14.5. The van der Waals surface area contributed by atoms with Gasteiger partial charge < -0.3 is 14.6 Å². The van der Waals surface area contributed by atoms with Gasteiger partial charge in [-0.25, -0.2) is 4.79 Å². The highest BCUT2D eigenvalue weighted by molar-refractivity contribution is 5.87. The van der Waals surface area contributed by atoms with Gasteiger partial charge in [-0.2, -0.15) is 0 Å². The zero-order valence-electron chi connectivity index (χ0n) is 22.2. The standard InChI is InChI=1S/C31H48O4/c1-3-5-7-9-11-13-26-35-29-19-22-31(23-20-29,28-17-15-27(16-18-28)30(32)33)21-14-25-34-24-12-10-8-6-4-2/h15-20,22H,3-14,21,23-26H2,1-2H3,(H,32,33). The molecule has 0 spiro atoms. The molecular formula is C31H48O4. The molecule has 0 heterocycles. The van der Waals surface area contributed by atoms with Crippen molar-refractivity contribution < 1.29 is 19.4 Å². The molecule has 196 valence electrons. The quantitative estimate of drug-likeness (QED) is 0.188. The summed E-state index contributed by atoms with van der Waals surface area (Å²) in [6.45, 7) is 6.86. The van der Waals surface area contributed by atoms with E-state index in [1.165, 1.54) is 57.8 Å². The van der Waals surface area contributed by atoms with E-state index in [4.69, 9.17) is 9.47 Å². The monoisotopic (exact) mass is 484 g/mol. The topological polar surface area (TPSA) is 55.8 Å². The first kappa shape index (κ1) is 29.2. The van der Waals surface area contributed by atoms with Gasteiger partial charge >= 0.3 is 5.97 Å². The first-order valence-corrected chi connectivity index (χ1v) is 14.0. The molecule has 1 aliphatic rings. The fourth-order valence-electron chi connectivity index (χ4n) is 4.73. The van der Waals surface area contributed by atoms with Gasteiger partial charge in [0.25, 0.3) is 0 Å². The lowest BCUT2D eigenvalue weighted by atomic mass is 9.72. The number of rotatable bonds is 20. The lowest BCUT2D eigenvalue weighted by Crippen LogP contribution is -2.26. The maximum absolute atomic E-state index is 11.3. The SMILES string of the molecule is CCCCCCCCOC1=CCC(CCCOCCCCCCC)(c2ccc(C(=O)O)cc2)C=C1. The lowest BCUT2D eigenvalue weighted by molar-refractivity contribution is 0.0697. The van der Waals surface area contributed by atoms with Crippen LogP contribution in [-0.4, -0.2) is 30.9 Å². The number of carboxylic acid groups (broad SMARTS) is 1. The van der Waals surface area contributed by atoms with Gasteiger partial charge in [0.05, 0.1) is 12.2 Å². The summed E-state index contributed by atoms with van der Waals surface area (Å²) in [6.07, 6.45) is 23.2. The van der Waals surface area contributed by atoms with E-state index in [0.29, 0.717) is 5.56 Å². The third kappa shape index (κ3) is 11.0. The maximum Gasteiger partial charge on any atom is 0.335 e. The molecular weight excluding hydrogens is 436 g/mol. The second kappa shape index (κ2) is 17.4. The van der Waals surface area contributed by atoms with E-state index >= 15 is 0 Å². The van der Waals surface area contributed by atoms with Crippen molar-refractivity contribution in [3.8, 4) is 0 Å². The summed E-state index contributed by atoms with van der Waals surface area (Å²) in [5.74, 6) is 0.0714. The van der Waals surface area contributed by atoms with E-state index in [1.54, 1.807) is 12.1 Å². The highest BCUT2D eigenvalue weighted by Crippen LogP contribution is 2.38. The molecule has 2 rings (SSSR count). The summed E-state index contributed by atoms with van der Waals surface area (Å²) >= 11 is 0. The molecule has 1 unspecified atom stereocenters. The smallest absolute Gasteiger partial charge is 0.335 e. The summed E-state index contributed by atoms with van der Waals surface area (Å²) in [5.41, 5.74) is 1.34. The molecule has 1 aliphatic carbocycles. The second-order valence-electron chi connectivity index (χ2n) is 9.93. The Morgan fingerprint density at radius 3 is 2.03 bits per heavy atom. The van der Waals surface area contributed by atoms with Gasteiger partial charge in [-0.1, -0.05) is 89.8 Å². The first-order chi connectivity index (χ1) is 17.1. The zero-order valence-corrected chi connectivity index (χ0v) is 22.2. The number of ether oxygens (including phenoxy) is 2. The van der Waals surface area contributed by atoms with Crippen LogP contribution in [0.15, 0.2) is 48.3 Å². The summed E-state index contributed by atoms with van der Waals surface area (Å²) in [7, 11) is 0. The van der Waals surface area contributed by atoms with Gasteiger partial charge in [-0.3, -0.25) is 0 Å². The molecule has 0 amide bonds. The third-order valence-corrected chi connectivity index (χ3v) is 7.01. The second-order valence-corrected chi connectivity index (χ2v) is 9.93. The third-order valence-electron chi connectivity index (χ3n) is 7.01. The summed E-state index contributed by atoms with van der Waals surface area (Å²) in [5, 5.41) is 9.28. The van der Waals surface area contributed by atoms with Gasteiger partial charge in [0.1, 0.15) is 5.76 Å². The number of carboxylic acids is 1. The van der Waals surface area contributed by atoms with Crippen LogP contribution in [0.4, 0.5) is 0 Å². The van der Waals surface area contributed by atoms with E-state index in [2.05, 4.69) is 32.1 Å². The minimum atomic E-state index is -0.887. The largest absolute Gasteiger partial charge is 0.494 e. The van der Waals surface area contributed by atoms with Gasteiger partial charge in [-0.15, -0.1) is 0 Å². The van der Waals surface area contributed by atoms with Crippen LogP contribution >= 0.6 is 0 Å². The molecule has 0 fully saturated rings. The minimum Gasteiger partial charge on any atom is -0.494 e. The molecule has 35 heavy (non-hydrogen) atoms. The van der Waals surface area contributed by atoms with Crippen molar-refractivity contribution in [2.45, 2.75) is 109 Å². The van der Waals surface area contributed by atoms with Crippen LogP contribution in [0.5, 0.6) is 0 Å². The lowest BCUT2D eigenvalue weighted by Gasteiger charge is -2.33. The molecule has 4 nitrogen and oxygen atoms in total. The predicted octanol–water partition coefficient (Wildman–Crippen LogP) is 8.61. The fraction of sp³-hybridized carbons (Fsp3) is 0.645. The van der Waals surface area contributed by atoms with Crippen molar-refractivity contribution in [2.75, 3.05) is 19.8 Å². The molecule has 0 saturated heterocycles. The molecule has 1 aromatic carbocycles. The molecule has 0 aliphatic heterocycles. The Labute approximate surface area is 213 Å². The Morgan fingerprint density at radius 2 is 1.43 bits per heavy atom. The van der Waals surface area contributed by atoms with Crippen molar-refractivity contribution in [3.63, 3.8) is 0 Å². The van der Waals surface area contributed by atoms with Crippen molar-refractivity contribution in [1.82, 2.24) is 0 Å². The number of aromatic carboxylic acids is 1. The number of benzene rings is 1. The molecule has 1 aromatic rings. The zero-order chi connectivity index (χ0) is 25.2.